The molecule has 0 aromatic heterocycles. The van der Waals surface area contributed by atoms with Crippen molar-refractivity contribution in [1.29, 1.82) is 0 Å². The maximum Gasteiger partial charge on any atom is 0.0941 e. The summed E-state index contributed by atoms with van der Waals surface area (Å²) in [6.45, 7) is 6.44. The van der Waals surface area contributed by atoms with Gasteiger partial charge in [0.2, 0.25) is 0 Å². The Hall–Kier alpha value is -0.0800. The Kier molecular flexibility index (Phi) is 3.09. The van der Waals surface area contributed by atoms with Crippen LogP contribution < -0.4 is 0 Å². The number of fused-ring (bicyclic) bond motifs is 2. The van der Waals surface area contributed by atoms with Gasteiger partial charge in [0.05, 0.1) is 11.7 Å². The molecular weight excluding hydrogens is 200 g/mol. The van der Waals surface area contributed by atoms with Gasteiger partial charge in [0.25, 0.3) is 0 Å². The van der Waals surface area contributed by atoms with Crippen LogP contribution in [0.3, 0.4) is 0 Å². The fraction of sp³-hybridized carbons (Fsp3) is 1.00. The second kappa shape index (κ2) is 3.99. The Morgan fingerprint density at radius 3 is 2.44 bits per heavy atom. The van der Waals surface area contributed by atoms with E-state index in [0.717, 1.165) is 19.3 Å². The van der Waals surface area contributed by atoms with Crippen LogP contribution in [0.5, 0.6) is 0 Å². The summed E-state index contributed by atoms with van der Waals surface area (Å²) < 4.78 is 0. The summed E-state index contributed by atoms with van der Waals surface area (Å²) in [5.41, 5.74) is -0.869. The maximum absolute atomic E-state index is 10.7. The van der Waals surface area contributed by atoms with Crippen LogP contribution >= 0.6 is 0 Å². The predicted octanol–water partition coefficient (Wildman–Crippen LogP) is 2.72. The molecule has 2 bridgehead atoms. The molecule has 4 atom stereocenters. The van der Waals surface area contributed by atoms with E-state index in [0.29, 0.717) is 11.8 Å². The summed E-state index contributed by atoms with van der Waals surface area (Å²) in [6, 6.07) is 0. The molecule has 0 amide bonds. The van der Waals surface area contributed by atoms with E-state index in [1.165, 1.54) is 19.3 Å². The summed E-state index contributed by atoms with van der Waals surface area (Å²) in [6.07, 6.45) is 6.14. The van der Waals surface area contributed by atoms with Crippen LogP contribution in [0.15, 0.2) is 0 Å². The van der Waals surface area contributed by atoms with Crippen molar-refractivity contribution in [3.63, 3.8) is 0 Å². The van der Waals surface area contributed by atoms with Gasteiger partial charge in [-0.2, -0.15) is 0 Å². The van der Waals surface area contributed by atoms with Crippen LogP contribution in [0.1, 0.15) is 59.3 Å². The first kappa shape index (κ1) is 12.4. The summed E-state index contributed by atoms with van der Waals surface area (Å²) >= 11 is 0. The van der Waals surface area contributed by atoms with E-state index in [4.69, 9.17) is 0 Å². The highest BCUT2D eigenvalue weighted by Crippen LogP contribution is 2.62. The molecule has 94 valence electrons. The van der Waals surface area contributed by atoms with Crippen molar-refractivity contribution in [1.82, 2.24) is 0 Å². The molecule has 0 unspecified atom stereocenters. The molecule has 16 heavy (non-hydrogen) atoms. The minimum Gasteiger partial charge on any atom is -0.390 e. The molecular formula is C14H26O2. The highest BCUT2D eigenvalue weighted by atomic mass is 16.3. The Bertz CT molecular complexity index is 261. The molecule has 2 nitrogen and oxygen atoms in total. The van der Waals surface area contributed by atoms with Crippen LogP contribution in [0, 0.1) is 17.3 Å². The van der Waals surface area contributed by atoms with Gasteiger partial charge in [0.1, 0.15) is 0 Å². The molecule has 2 N–H and O–H groups in total. The van der Waals surface area contributed by atoms with Gasteiger partial charge in [-0.3, -0.25) is 0 Å². The number of rotatable bonds is 4. The Labute approximate surface area is 99.1 Å². The number of hydrogen-bond acceptors (Lipinski definition) is 2. The van der Waals surface area contributed by atoms with E-state index in [9.17, 15) is 10.2 Å². The second-order valence-corrected chi connectivity index (χ2v) is 6.46. The largest absolute Gasteiger partial charge is 0.390 e. The molecule has 2 saturated carbocycles. The predicted molar refractivity (Wildman–Crippen MR) is 65.1 cm³/mol. The van der Waals surface area contributed by atoms with Gasteiger partial charge in [-0.25, -0.2) is 0 Å². The van der Waals surface area contributed by atoms with Crippen molar-refractivity contribution in [2.24, 2.45) is 17.3 Å². The van der Waals surface area contributed by atoms with E-state index in [1.54, 1.807) is 0 Å². The Morgan fingerprint density at radius 2 is 1.94 bits per heavy atom. The van der Waals surface area contributed by atoms with E-state index >= 15 is 0 Å². The third-order valence-corrected chi connectivity index (χ3v) is 5.24. The van der Waals surface area contributed by atoms with Gasteiger partial charge in [-0.15, -0.1) is 0 Å². The van der Waals surface area contributed by atoms with Crippen molar-refractivity contribution in [2.75, 3.05) is 0 Å². The number of aliphatic hydroxyl groups is 2. The first-order valence-electron chi connectivity index (χ1n) is 6.85. The molecule has 0 aromatic rings. The third kappa shape index (κ3) is 1.53. The first-order chi connectivity index (χ1) is 7.44. The van der Waals surface area contributed by atoms with Crippen LogP contribution in [0.25, 0.3) is 0 Å². The Balaban J connectivity index is 2.09. The van der Waals surface area contributed by atoms with Crippen molar-refractivity contribution in [3.05, 3.63) is 0 Å². The van der Waals surface area contributed by atoms with Gasteiger partial charge in [0, 0.05) is 0 Å². The standard InChI is InChI=1S/C14H26O2/c1-4-5-6-7-11-10-8-9-14(11,16)12(15)13(10,2)3/h10-12,15-16H,4-9H2,1-3H3/t10-,11+,12-,14-/m1/s1. The third-order valence-electron chi connectivity index (χ3n) is 5.24. The van der Waals surface area contributed by atoms with Crippen LogP contribution in [-0.4, -0.2) is 21.9 Å². The quantitative estimate of drug-likeness (QED) is 0.724. The molecule has 0 aliphatic heterocycles. The SMILES string of the molecule is CCCCC[C@H]1[C@H]2CC[C@]1(O)[C@H](O)C2(C)C. The van der Waals surface area contributed by atoms with Gasteiger partial charge < -0.3 is 10.2 Å². The smallest absolute Gasteiger partial charge is 0.0941 e. The summed E-state index contributed by atoms with van der Waals surface area (Å²) in [4.78, 5) is 0. The summed E-state index contributed by atoms with van der Waals surface area (Å²) in [5.74, 6) is 0.855. The van der Waals surface area contributed by atoms with Gasteiger partial charge in [-0.05, 0) is 36.5 Å². The molecule has 0 radical (unpaired) electrons. The van der Waals surface area contributed by atoms with Gasteiger partial charge >= 0.3 is 0 Å². The number of unbranched alkanes of at least 4 members (excludes halogenated alkanes) is 2. The Morgan fingerprint density at radius 1 is 1.25 bits per heavy atom. The molecule has 0 spiro atoms. The zero-order chi connectivity index (χ0) is 12.0. The monoisotopic (exact) mass is 226 g/mol. The van der Waals surface area contributed by atoms with E-state index < -0.39 is 11.7 Å². The topological polar surface area (TPSA) is 40.5 Å². The molecule has 2 fully saturated rings. The normalized spacial score (nSPS) is 45.2. The first-order valence-corrected chi connectivity index (χ1v) is 6.85. The van der Waals surface area contributed by atoms with Crippen molar-refractivity contribution in [3.8, 4) is 0 Å². The lowest BCUT2D eigenvalue weighted by Gasteiger charge is -2.37. The molecule has 2 aliphatic rings. The minimum absolute atomic E-state index is 0.0934. The summed E-state index contributed by atoms with van der Waals surface area (Å²) in [7, 11) is 0. The van der Waals surface area contributed by atoms with E-state index in [1.807, 2.05) is 0 Å². The minimum atomic E-state index is -0.776. The van der Waals surface area contributed by atoms with Crippen LogP contribution in [0.4, 0.5) is 0 Å². The van der Waals surface area contributed by atoms with Gasteiger partial charge in [0.15, 0.2) is 0 Å². The van der Waals surface area contributed by atoms with Gasteiger partial charge in [-0.1, -0.05) is 40.0 Å². The van der Waals surface area contributed by atoms with Crippen molar-refractivity contribution in [2.45, 2.75) is 71.0 Å². The summed E-state index contributed by atoms with van der Waals surface area (Å²) in [5, 5.41) is 20.9. The average molecular weight is 226 g/mol. The number of hydrogen-bond donors (Lipinski definition) is 2. The fourth-order valence-electron chi connectivity index (χ4n) is 4.26. The number of aliphatic hydroxyl groups excluding tert-OH is 1. The zero-order valence-electron chi connectivity index (χ0n) is 10.9. The lowest BCUT2D eigenvalue weighted by atomic mass is 9.73. The van der Waals surface area contributed by atoms with E-state index in [-0.39, 0.29) is 5.41 Å². The van der Waals surface area contributed by atoms with E-state index in [2.05, 4.69) is 20.8 Å². The highest BCUT2D eigenvalue weighted by molar-refractivity contribution is 5.16. The lowest BCUT2D eigenvalue weighted by molar-refractivity contribution is -0.113. The maximum atomic E-state index is 10.7. The highest BCUT2D eigenvalue weighted by Gasteiger charge is 2.66. The molecule has 2 aliphatic carbocycles. The lowest BCUT2D eigenvalue weighted by Crippen LogP contribution is -2.47. The van der Waals surface area contributed by atoms with Crippen molar-refractivity contribution < 1.29 is 10.2 Å². The molecule has 0 heterocycles. The van der Waals surface area contributed by atoms with Crippen molar-refractivity contribution >= 4 is 0 Å². The average Bonchev–Trinajstić information content (AvgIpc) is 2.62. The zero-order valence-corrected chi connectivity index (χ0v) is 10.9. The second-order valence-electron chi connectivity index (χ2n) is 6.46. The fourth-order valence-corrected chi connectivity index (χ4v) is 4.26. The molecule has 0 aromatic carbocycles. The van der Waals surface area contributed by atoms with Crippen LogP contribution in [-0.2, 0) is 0 Å². The molecule has 2 heteroatoms. The molecule has 2 rings (SSSR count). The molecule has 0 saturated heterocycles. The van der Waals surface area contributed by atoms with Crippen LogP contribution in [0.2, 0.25) is 0 Å².